The van der Waals surface area contributed by atoms with Crippen molar-refractivity contribution >= 4 is 35.0 Å². The minimum absolute atomic E-state index is 0.365. The van der Waals surface area contributed by atoms with Gasteiger partial charge in [-0.2, -0.15) is 0 Å². The molecule has 2 heterocycles. The lowest BCUT2D eigenvalue weighted by molar-refractivity contribution is -0.115. The van der Waals surface area contributed by atoms with E-state index in [2.05, 4.69) is 5.32 Å². The van der Waals surface area contributed by atoms with E-state index in [-0.39, 0.29) is 11.1 Å². The van der Waals surface area contributed by atoms with Crippen LogP contribution < -0.4 is 5.32 Å². The van der Waals surface area contributed by atoms with Crippen molar-refractivity contribution in [2.45, 2.75) is 13.8 Å². The van der Waals surface area contributed by atoms with Crippen molar-refractivity contribution in [1.29, 1.82) is 0 Å². The summed E-state index contributed by atoms with van der Waals surface area (Å²) in [6.45, 7) is 3.86. The quantitative estimate of drug-likeness (QED) is 0.675. The molecule has 1 aromatic carbocycles. The Bertz CT molecular complexity index is 927. The zero-order valence-electron chi connectivity index (χ0n) is 14.0. The third-order valence-electron chi connectivity index (χ3n) is 3.92. The van der Waals surface area contributed by atoms with Crippen molar-refractivity contribution in [3.8, 4) is 5.69 Å². The molecule has 25 heavy (non-hydrogen) atoms. The molecule has 2 aromatic rings. The van der Waals surface area contributed by atoms with Gasteiger partial charge in [0.1, 0.15) is 0 Å². The second-order valence-electron chi connectivity index (χ2n) is 5.56. The highest BCUT2D eigenvalue weighted by molar-refractivity contribution is 8.18. The number of rotatable bonds is 3. The lowest BCUT2D eigenvalue weighted by Gasteiger charge is -2.11. The van der Waals surface area contributed by atoms with Gasteiger partial charge in [0.2, 0.25) is 0 Å². The predicted molar refractivity (Wildman–Crippen MR) is 95.7 cm³/mol. The van der Waals surface area contributed by atoms with Crippen molar-refractivity contribution in [2.24, 2.45) is 0 Å². The van der Waals surface area contributed by atoms with Crippen LogP contribution in [0.3, 0.4) is 0 Å². The molecule has 3 rings (SSSR count). The largest absolute Gasteiger partial charge is 0.465 e. The Kier molecular flexibility index (Phi) is 4.50. The van der Waals surface area contributed by atoms with Gasteiger partial charge >= 0.3 is 5.97 Å². The number of aryl methyl sites for hydroxylation is 1. The number of carbonyl (C=O) groups is 3. The van der Waals surface area contributed by atoms with Crippen LogP contribution in [0.4, 0.5) is 4.79 Å². The molecule has 0 radical (unpaired) electrons. The van der Waals surface area contributed by atoms with E-state index in [9.17, 15) is 14.4 Å². The van der Waals surface area contributed by atoms with Crippen LogP contribution in [-0.4, -0.2) is 28.8 Å². The normalized spacial score (nSPS) is 15.6. The van der Waals surface area contributed by atoms with Gasteiger partial charge in [-0.05, 0) is 61.5 Å². The number of hydrogen-bond acceptors (Lipinski definition) is 5. The number of amides is 2. The maximum absolute atomic E-state index is 11.7. The summed E-state index contributed by atoms with van der Waals surface area (Å²) >= 11 is 0.889. The van der Waals surface area contributed by atoms with Crippen LogP contribution in [0, 0.1) is 13.8 Å². The first-order valence-electron chi connectivity index (χ1n) is 7.53. The number of hydrogen-bond donors (Lipinski definition) is 1. The lowest BCUT2D eigenvalue weighted by Crippen LogP contribution is -2.17. The minimum Gasteiger partial charge on any atom is -0.465 e. The topological polar surface area (TPSA) is 77.4 Å². The van der Waals surface area contributed by atoms with E-state index in [1.165, 1.54) is 7.11 Å². The van der Waals surface area contributed by atoms with Crippen molar-refractivity contribution in [2.75, 3.05) is 7.11 Å². The Balaban J connectivity index is 2.04. The van der Waals surface area contributed by atoms with Gasteiger partial charge in [-0.15, -0.1) is 0 Å². The Morgan fingerprint density at radius 3 is 2.64 bits per heavy atom. The first-order valence-corrected chi connectivity index (χ1v) is 8.35. The highest BCUT2D eigenvalue weighted by Gasteiger charge is 2.25. The molecule has 2 amide bonds. The third kappa shape index (κ3) is 3.23. The highest BCUT2D eigenvalue weighted by atomic mass is 32.2. The molecule has 128 valence electrons. The molecular formula is C18H16N2O4S. The van der Waals surface area contributed by atoms with Crippen LogP contribution in [0.15, 0.2) is 35.2 Å². The number of thioether (sulfide) groups is 1. The number of aromatic nitrogens is 1. The fourth-order valence-corrected chi connectivity index (χ4v) is 3.46. The smallest absolute Gasteiger partial charge is 0.337 e. The van der Waals surface area contributed by atoms with E-state index in [4.69, 9.17) is 4.74 Å². The number of imide groups is 1. The molecule has 0 spiro atoms. The fraction of sp³-hybridized carbons (Fsp3) is 0.167. The summed E-state index contributed by atoms with van der Waals surface area (Å²) in [7, 11) is 1.34. The lowest BCUT2D eigenvalue weighted by atomic mass is 10.2. The predicted octanol–water partition coefficient (Wildman–Crippen LogP) is 3.20. The average molecular weight is 356 g/mol. The van der Waals surface area contributed by atoms with Crippen molar-refractivity contribution < 1.29 is 19.1 Å². The monoisotopic (exact) mass is 356 g/mol. The van der Waals surface area contributed by atoms with E-state index >= 15 is 0 Å². The summed E-state index contributed by atoms with van der Waals surface area (Å²) in [4.78, 5) is 35.2. The molecule has 1 aromatic heterocycles. The fourth-order valence-electron chi connectivity index (χ4n) is 2.78. The molecule has 0 atom stereocenters. The summed E-state index contributed by atoms with van der Waals surface area (Å²) < 4.78 is 6.75. The van der Waals surface area contributed by atoms with Crippen LogP contribution >= 0.6 is 11.8 Å². The Morgan fingerprint density at radius 1 is 1.24 bits per heavy atom. The van der Waals surface area contributed by atoms with E-state index in [1.54, 1.807) is 24.3 Å². The van der Waals surface area contributed by atoms with Gasteiger partial charge in [-0.1, -0.05) is 6.07 Å². The summed E-state index contributed by atoms with van der Waals surface area (Å²) in [6.07, 6.45) is 1.70. The number of nitrogens with zero attached hydrogens (tertiary/aromatic N) is 1. The third-order valence-corrected chi connectivity index (χ3v) is 4.73. The SMILES string of the molecule is COC(=O)c1cccc(-n2c(C)cc(C=C3SC(=O)NC3=O)c2C)c1. The van der Waals surface area contributed by atoms with E-state index < -0.39 is 5.97 Å². The number of benzene rings is 1. The van der Waals surface area contributed by atoms with Gasteiger partial charge in [-0.25, -0.2) is 4.79 Å². The van der Waals surface area contributed by atoms with Crippen LogP contribution in [0.5, 0.6) is 0 Å². The van der Waals surface area contributed by atoms with Gasteiger partial charge in [0.25, 0.3) is 11.1 Å². The van der Waals surface area contributed by atoms with Gasteiger partial charge in [-0.3, -0.25) is 14.9 Å². The van der Waals surface area contributed by atoms with Crippen molar-refractivity contribution in [3.63, 3.8) is 0 Å². The summed E-state index contributed by atoms with van der Waals surface area (Å²) in [5, 5.41) is 1.88. The Hall–Kier alpha value is -2.80. The molecular weight excluding hydrogens is 340 g/mol. The molecule has 1 aliphatic heterocycles. The summed E-state index contributed by atoms with van der Waals surface area (Å²) in [5.41, 5.74) is 3.97. The number of nitrogens with one attached hydrogen (secondary N) is 1. The maximum Gasteiger partial charge on any atom is 0.337 e. The zero-order valence-corrected chi connectivity index (χ0v) is 14.8. The highest BCUT2D eigenvalue weighted by Crippen LogP contribution is 2.29. The Labute approximate surface area is 148 Å². The van der Waals surface area contributed by atoms with Gasteiger partial charge in [0, 0.05) is 17.1 Å². The van der Waals surface area contributed by atoms with Gasteiger partial charge in [0.05, 0.1) is 17.6 Å². The molecule has 1 saturated heterocycles. The molecule has 0 bridgehead atoms. The zero-order chi connectivity index (χ0) is 18.1. The van der Waals surface area contributed by atoms with Crippen LogP contribution in [0.25, 0.3) is 11.8 Å². The second kappa shape index (κ2) is 6.60. The summed E-state index contributed by atoms with van der Waals surface area (Å²) in [5.74, 6) is -0.781. The molecule has 6 nitrogen and oxygen atoms in total. The van der Waals surface area contributed by atoms with E-state index in [0.717, 1.165) is 34.4 Å². The number of carbonyl (C=O) groups excluding carboxylic acids is 3. The molecule has 0 unspecified atom stereocenters. The average Bonchev–Trinajstić information content (AvgIpc) is 3.05. The van der Waals surface area contributed by atoms with Crippen LogP contribution in [0.2, 0.25) is 0 Å². The van der Waals surface area contributed by atoms with E-state index in [0.29, 0.717) is 10.5 Å². The molecule has 0 saturated carbocycles. The molecule has 1 aliphatic rings. The first-order chi connectivity index (χ1) is 11.9. The standard InChI is InChI=1S/C18H16N2O4S/c1-10-7-13(9-15-16(21)19-18(23)25-15)11(2)20(10)14-6-4-5-12(8-14)17(22)24-3/h4-9H,1-3H3,(H,19,21,23). The minimum atomic E-state index is -0.399. The molecule has 7 heteroatoms. The van der Waals surface area contributed by atoms with Gasteiger partial charge in [0.15, 0.2) is 0 Å². The second-order valence-corrected chi connectivity index (χ2v) is 6.57. The van der Waals surface area contributed by atoms with Gasteiger partial charge < -0.3 is 9.30 Å². The molecule has 1 fully saturated rings. The number of ether oxygens (including phenoxy) is 1. The summed E-state index contributed by atoms with van der Waals surface area (Å²) in [6, 6.07) is 9.06. The number of esters is 1. The Morgan fingerprint density at radius 2 is 2.00 bits per heavy atom. The van der Waals surface area contributed by atoms with Crippen molar-refractivity contribution in [3.05, 3.63) is 57.8 Å². The number of methoxy groups -OCH3 is 1. The van der Waals surface area contributed by atoms with Crippen LogP contribution in [0.1, 0.15) is 27.3 Å². The maximum atomic E-state index is 11.7. The van der Waals surface area contributed by atoms with Crippen LogP contribution in [-0.2, 0) is 9.53 Å². The van der Waals surface area contributed by atoms with E-state index in [1.807, 2.05) is 30.5 Å². The molecule has 0 aliphatic carbocycles. The molecule has 1 N–H and O–H groups in total. The van der Waals surface area contributed by atoms with Crippen molar-refractivity contribution in [1.82, 2.24) is 9.88 Å². The first kappa shape index (κ1) is 17.0.